The standard InChI is InChI=1S/C22H25N3O4/c1-15-3-2-4-16(11-15)22(27)24-17-7-9-25(10-8-17)13-21(26)23-18-5-6-19-20(12-18)29-14-28-19/h2-6,11-12,17H,7-10,13-14H2,1H3,(H,23,26)(H,24,27)/p+1. The second-order valence-corrected chi connectivity index (χ2v) is 7.66. The van der Waals surface area contributed by atoms with Gasteiger partial charge in [0.1, 0.15) is 0 Å². The average molecular weight is 396 g/mol. The van der Waals surface area contributed by atoms with Crippen LogP contribution in [0, 0.1) is 6.92 Å². The largest absolute Gasteiger partial charge is 0.454 e. The first-order valence-electron chi connectivity index (χ1n) is 9.97. The second kappa shape index (κ2) is 8.53. The van der Waals surface area contributed by atoms with Crippen LogP contribution in [0.15, 0.2) is 42.5 Å². The molecule has 3 N–H and O–H groups in total. The lowest BCUT2D eigenvalue weighted by Gasteiger charge is -2.29. The number of rotatable bonds is 5. The number of benzene rings is 2. The third-order valence-electron chi connectivity index (χ3n) is 5.38. The second-order valence-electron chi connectivity index (χ2n) is 7.66. The monoisotopic (exact) mass is 396 g/mol. The van der Waals surface area contributed by atoms with E-state index in [1.165, 1.54) is 4.90 Å². The number of anilines is 1. The Morgan fingerprint density at radius 3 is 2.66 bits per heavy atom. The molecular formula is C22H26N3O4+. The van der Waals surface area contributed by atoms with Crippen LogP contribution in [0.25, 0.3) is 0 Å². The maximum Gasteiger partial charge on any atom is 0.279 e. The van der Waals surface area contributed by atoms with Crippen LogP contribution in [0.4, 0.5) is 5.69 Å². The highest BCUT2D eigenvalue weighted by Gasteiger charge is 2.25. The molecule has 0 bridgehead atoms. The van der Waals surface area contributed by atoms with E-state index in [0.29, 0.717) is 29.3 Å². The maximum absolute atomic E-state index is 12.4. The van der Waals surface area contributed by atoms with E-state index in [1.807, 2.05) is 37.3 Å². The number of likely N-dealkylation sites (tertiary alicyclic amines) is 1. The minimum atomic E-state index is -0.0267. The van der Waals surface area contributed by atoms with Crippen LogP contribution in [-0.4, -0.2) is 44.3 Å². The lowest BCUT2D eigenvalue weighted by molar-refractivity contribution is -0.897. The number of carbonyl (C=O) groups is 2. The highest BCUT2D eigenvalue weighted by molar-refractivity contribution is 5.94. The van der Waals surface area contributed by atoms with Gasteiger partial charge in [-0.2, -0.15) is 0 Å². The van der Waals surface area contributed by atoms with E-state index in [1.54, 1.807) is 12.1 Å². The lowest BCUT2D eigenvalue weighted by Crippen LogP contribution is -3.14. The van der Waals surface area contributed by atoms with Gasteiger partial charge in [-0.05, 0) is 31.2 Å². The molecule has 4 rings (SSSR count). The fourth-order valence-electron chi connectivity index (χ4n) is 3.81. The van der Waals surface area contributed by atoms with Crippen molar-refractivity contribution in [1.29, 1.82) is 0 Å². The quantitative estimate of drug-likeness (QED) is 0.708. The SMILES string of the molecule is Cc1cccc(C(=O)NC2CC[NH+](CC(=O)Nc3ccc4c(c3)OCO4)CC2)c1. The van der Waals surface area contributed by atoms with Gasteiger partial charge in [0.05, 0.1) is 13.1 Å². The molecule has 2 aromatic rings. The zero-order chi connectivity index (χ0) is 20.2. The minimum Gasteiger partial charge on any atom is -0.454 e. The van der Waals surface area contributed by atoms with Gasteiger partial charge in [-0.25, -0.2) is 0 Å². The van der Waals surface area contributed by atoms with Crippen molar-refractivity contribution in [2.45, 2.75) is 25.8 Å². The lowest BCUT2D eigenvalue weighted by atomic mass is 10.0. The molecule has 7 heteroatoms. The Morgan fingerprint density at radius 2 is 1.86 bits per heavy atom. The summed E-state index contributed by atoms with van der Waals surface area (Å²) in [6.45, 7) is 4.31. The van der Waals surface area contributed by atoms with Crippen LogP contribution in [0.1, 0.15) is 28.8 Å². The van der Waals surface area contributed by atoms with Crippen molar-refractivity contribution < 1.29 is 24.0 Å². The smallest absolute Gasteiger partial charge is 0.279 e. The molecule has 1 saturated heterocycles. The van der Waals surface area contributed by atoms with Crippen LogP contribution in [0.5, 0.6) is 11.5 Å². The maximum atomic E-state index is 12.4. The summed E-state index contributed by atoms with van der Waals surface area (Å²) in [5, 5.41) is 6.05. The first kappa shape index (κ1) is 19.3. The van der Waals surface area contributed by atoms with Crippen LogP contribution >= 0.6 is 0 Å². The molecule has 0 radical (unpaired) electrons. The van der Waals surface area contributed by atoms with E-state index >= 15 is 0 Å². The molecule has 7 nitrogen and oxygen atoms in total. The van der Waals surface area contributed by atoms with Gasteiger partial charge < -0.3 is 25.0 Å². The number of amides is 2. The summed E-state index contributed by atoms with van der Waals surface area (Å²) in [6.07, 6.45) is 1.73. The Kier molecular flexibility index (Phi) is 5.67. The summed E-state index contributed by atoms with van der Waals surface area (Å²) >= 11 is 0. The fourth-order valence-corrected chi connectivity index (χ4v) is 3.81. The molecule has 2 aliphatic rings. The Morgan fingerprint density at radius 1 is 1.07 bits per heavy atom. The molecule has 2 heterocycles. The molecule has 29 heavy (non-hydrogen) atoms. The van der Waals surface area contributed by atoms with Gasteiger partial charge in [0, 0.05) is 36.2 Å². The Bertz CT molecular complexity index is 907. The molecule has 0 unspecified atom stereocenters. The Hall–Kier alpha value is -3.06. The van der Waals surface area contributed by atoms with Crippen LogP contribution in [0.2, 0.25) is 0 Å². The highest BCUT2D eigenvalue weighted by atomic mass is 16.7. The minimum absolute atomic E-state index is 0.0253. The molecule has 152 valence electrons. The summed E-state index contributed by atoms with van der Waals surface area (Å²) < 4.78 is 10.6. The number of piperidine rings is 1. The third-order valence-corrected chi connectivity index (χ3v) is 5.38. The summed E-state index contributed by atoms with van der Waals surface area (Å²) in [6, 6.07) is 13.2. The average Bonchev–Trinajstić information content (AvgIpc) is 3.17. The van der Waals surface area contributed by atoms with Crippen molar-refractivity contribution in [3.63, 3.8) is 0 Å². The number of ether oxygens (including phenoxy) is 2. The first-order chi connectivity index (χ1) is 14.1. The van der Waals surface area contributed by atoms with Crippen molar-refractivity contribution >= 4 is 17.5 Å². The van der Waals surface area contributed by atoms with Crippen molar-refractivity contribution in [3.05, 3.63) is 53.6 Å². The summed E-state index contributed by atoms with van der Waals surface area (Å²) in [7, 11) is 0. The highest BCUT2D eigenvalue weighted by Crippen LogP contribution is 2.34. The molecule has 2 amide bonds. The van der Waals surface area contributed by atoms with Gasteiger partial charge in [0.15, 0.2) is 18.0 Å². The molecule has 2 aliphatic heterocycles. The van der Waals surface area contributed by atoms with Crippen molar-refractivity contribution in [3.8, 4) is 11.5 Å². The molecule has 0 aromatic heterocycles. The summed E-state index contributed by atoms with van der Waals surface area (Å²) in [5.41, 5.74) is 2.48. The number of aryl methyl sites for hydroxylation is 1. The Labute approximate surface area is 170 Å². The zero-order valence-corrected chi connectivity index (χ0v) is 16.5. The normalized spacial score (nSPS) is 20.2. The summed E-state index contributed by atoms with van der Waals surface area (Å²) in [4.78, 5) is 26.0. The van der Waals surface area contributed by atoms with E-state index in [4.69, 9.17) is 9.47 Å². The van der Waals surface area contributed by atoms with E-state index in [-0.39, 0.29) is 24.6 Å². The molecule has 1 fully saturated rings. The number of quaternary nitrogens is 1. The van der Waals surface area contributed by atoms with E-state index in [9.17, 15) is 9.59 Å². The predicted octanol–water partition coefficient (Wildman–Crippen LogP) is 1.14. The number of hydrogen-bond donors (Lipinski definition) is 3. The predicted molar refractivity (Wildman–Crippen MR) is 108 cm³/mol. The molecule has 0 spiro atoms. The number of hydrogen-bond acceptors (Lipinski definition) is 4. The van der Waals surface area contributed by atoms with E-state index < -0.39 is 0 Å². The Balaban J connectivity index is 1.22. The van der Waals surface area contributed by atoms with Crippen LogP contribution in [-0.2, 0) is 4.79 Å². The van der Waals surface area contributed by atoms with Crippen molar-refractivity contribution in [2.24, 2.45) is 0 Å². The molecule has 0 atom stereocenters. The molecule has 0 saturated carbocycles. The van der Waals surface area contributed by atoms with E-state index in [0.717, 1.165) is 31.5 Å². The van der Waals surface area contributed by atoms with Gasteiger partial charge in [0.25, 0.3) is 11.8 Å². The van der Waals surface area contributed by atoms with Gasteiger partial charge in [-0.3, -0.25) is 9.59 Å². The van der Waals surface area contributed by atoms with Gasteiger partial charge in [-0.15, -0.1) is 0 Å². The molecule has 0 aliphatic carbocycles. The van der Waals surface area contributed by atoms with Gasteiger partial charge >= 0.3 is 0 Å². The van der Waals surface area contributed by atoms with Crippen LogP contribution < -0.4 is 25.0 Å². The van der Waals surface area contributed by atoms with Gasteiger partial charge in [0.2, 0.25) is 6.79 Å². The van der Waals surface area contributed by atoms with Crippen molar-refractivity contribution in [2.75, 3.05) is 31.7 Å². The fraction of sp³-hybridized carbons (Fsp3) is 0.364. The van der Waals surface area contributed by atoms with E-state index in [2.05, 4.69) is 10.6 Å². The first-order valence-corrected chi connectivity index (χ1v) is 9.97. The number of carbonyl (C=O) groups excluding carboxylic acids is 2. The van der Waals surface area contributed by atoms with Gasteiger partial charge in [-0.1, -0.05) is 17.7 Å². The summed E-state index contributed by atoms with van der Waals surface area (Å²) in [5.74, 6) is 1.30. The zero-order valence-electron chi connectivity index (χ0n) is 16.5. The third kappa shape index (κ3) is 4.86. The topological polar surface area (TPSA) is 81.1 Å². The number of fused-ring (bicyclic) bond motifs is 1. The molecular weight excluding hydrogens is 370 g/mol. The van der Waals surface area contributed by atoms with Crippen molar-refractivity contribution in [1.82, 2.24) is 5.32 Å². The molecule has 2 aromatic carbocycles. The number of nitrogens with one attached hydrogen (secondary N) is 3. The van der Waals surface area contributed by atoms with Crippen LogP contribution in [0.3, 0.4) is 0 Å².